The summed E-state index contributed by atoms with van der Waals surface area (Å²) in [6, 6.07) is 6.30. The molecule has 0 spiro atoms. The van der Waals surface area contributed by atoms with Gasteiger partial charge in [0.2, 0.25) is 5.95 Å². The molecule has 0 amide bonds. The van der Waals surface area contributed by atoms with Crippen LogP contribution >= 0.6 is 11.3 Å². The molecule has 0 saturated heterocycles. The molecule has 1 aromatic carbocycles. The third kappa shape index (κ3) is 4.34. The monoisotopic (exact) mass is 460 g/mol. The van der Waals surface area contributed by atoms with Crippen molar-refractivity contribution in [3.63, 3.8) is 0 Å². The van der Waals surface area contributed by atoms with E-state index in [1.165, 1.54) is 17.7 Å². The van der Waals surface area contributed by atoms with Crippen LogP contribution in [0.4, 0.5) is 24.8 Å². The zero-order valence-corrected chi connectivity index (χ0v) is 17.9. The van der Waals surface area contributed by atoms with Crippen LogP contribution in [-0.2, 0) is 11.8 Å². The van der Waals surface area contributed by atoms with Crippen LogP contribution in [0.3, 0.4) is 0 Å². The number of halogens is 3. The van der Waals surface area contributed by atoms with Gasteiger partial charge in [0.15, 0.2) is 5.60 Å². The molecule has 11 heteroatoms. The Morgan fingerprint density at radius 3 is 2.66 bits per heavy atom. The average molecular weight is 460 g/mol. The first-order valence-electron chi connectivity index (χ1n) is 9.66. The van der Waals surface area contributed by atoms with Crippen LogP contribution in [0.5, 0.6) is 0 Å². The fourth-order valence-corrected chi connectivity index (χ4v) is 4.32. The topological polar surface area (TPSA) is 99.6 Å². The number of aromatic amines is 1. The molecule has 0 bridgehead atoms. The molecule has 0 radical (unpaired) electrons. The van der Waals surface area contributed by atoms with Crippen molar-refractivity contribution in [1.82, 2.24) is 24.9 Å². The Hall–Kier alpha value is -3.31. The fourth-order valence-electron chi connectivity index (χ4n) is 3.24. The number of hydrogen-bond donors (Lipinski definition) is 3. The number of nitrogens with zero attached hydrogens (tertiary/aromatic N) is 4. The maximum atomic E-state index is 12.9. The molecule has 0 aliphatic heterocycles. The molecule has 3 N–H and O–H groups in total. The lowest BCUT2D eigenvalue weighted by atomic mass is 9.98. The van der Waals surface area contributed by atoms with E-state index >= 15 is 0 Å². The Labute approximate surface area is 185 Å². The molecule has 166 valence electrons. The van der Waals surface area contributed by atoms with Crippen LogP contribution < -0.4 is 5.32 Å². The number of nitrogens with one attached hydrogen (secondary N) is 2. The number of H-pyrrole nitrogens is 1. The van der Waals surface area contributed by atoms with Gasteiger partial charge in [-0.1, -0.05) is 13.0 Å². The Balaban J connectivity index is 1.65. The van der Waals surface area contributed by atoms with Crippen molar-refractivity contribution in [2.24, 2.45) is 0 Å². The van der Waals surface area contributed by atoms with Crippen molar-refractivity contribution in [1.29, 1.82) is 0 Å². The first-order valence-corrected chi connectivity index (χ1v) is 10.5. The van der Waals surface area contributed by atoms with Crippen LogP contribution in [0.1, 0.15) is 35.3 Å². The maximum Gasteiger partial charge on any atom is 0.433 e. The van der Waals surface area contributed by atoms with E-state index in [4.69, 9.17) is 0 Å². The van der Waals surface area contributed by atoms with Crippen molar-refractivity contribution < 1.29 is 18.3 Å². The summed E-state index contributed by atoms with van der Waals surface area (Å²) in [7, 11) is 0. The number of rotatable bonds is 6. The molecule has 0 aliphatic carbocycles. The van der Waals surface area contributed by atoms with Crippen molar-refractivity contribution in [3.8, 4) is 10.4 Å². The molecule has 3 aromatic heterocycles. The zero-order valence-electron chi connectivity index (χ0n) is 17.1. The molecule has 3 heterocycles. The Bertz CT molecular complexity index is 1220. The van der Waals surface area contributed by atoms with Gasteiger partial charge in [-0.3, -0.25) is 0 Å². The van der Waals surface area contributed by atoms with Gasteiger partial charge in [0.25, 0.3) is 0 Å². The number of aryl methyl sites for hydroxylation is 1. The predicted molar refractivity (Wildman–Crippen MR) is 114 cm³/mol. The number of benzene rings is 1. The molecule has 4 rings (SSSR count). The highest BCUT2D eigenvalue weighted by Gasteiger charge is 2.35. The van der Waals surface area contributed by atoms with E-state index in [1.54, 1.807) is 24.5 Å². The predicted octanol–water partition coefficient (Wildman–Crippen LogP) is 5.04. The zero-order chi connectivity index (χ0) is 22.9. The van der Waals surface area contributed by atoms with Gasteiger partial charge >= 0.3 is 6.18 Å². The van der Waals surface area contributed by atoms with Gasteiger partial charge in [0.1, 0.15) is 10.7 Å². The molecule has 4 aromatic rings. The number of aliphatic hydroxyl groups is 1. The first-order chi connectivity index (χ1) is 15.2. The summed E-state index contributed by atoms with van der Waals surface area (Å²) in [5.41, 5.74) is 0.448. The SMILES string of the molecule is CCC(O)(c1cnc[nH]1)c1ncc(-c2cc(C)cc(Nc3nccc(C(F)(F)F)n3)c2)s1. The largest absolute Gasteiger partial charge is 0.433 e. The van der Waals surface area contributed by atoms with Crippen LogP contribution in [-0.4, -0.2) is 30.0 Å². The highest BCUT2D eigenvalue weighted by molar-refractivity contribution is 7.15. The lowest BCUT2D eigenvalue weighted by molar-refractivity contribution is -0.141. The number of imidazole rings is 1. The minimum absolute atomic E-state index is 0.152. The van der Waals surface area contributed by atoms with Crippen LogP contribution in [0.25, 0.3) is 10.4 Å². The van der Waals surface area contributed by atoms with E-state index in [2.05, 4.69) is 30.2 Å². The van der Waals surface area contributed by atoms with Gasteiger partial charge in [-0.25, -0.2) is 19.9 Å². The standard InChI is InChI=1S/C21H19F3N6OS/c1-3-20(31,17-10-25-11-28-17)18-27-9-15(32-18)13-6-12(2)7-14(8-13)29-19-26-5-4-16(30-19)21(22,23)24/h4-11,31H,3H2,1-2H3,(H,25,28)(H,26,29,30). The summed E-state index contributed by atoms with van der Waals surface area (Å²) in [4.78, 5) is 19.6. The van der Waals surface area contributed by atoms with E-state index in [0.29, 0.717) is 22.8 Å². The number of aromatic nitrogens is 5. The van der Waals surface area contributed by atoms with Gasteiger partial charge in [-0.05, 0) is 42.7 Å². The summed E-state index contributed by atoms with van der Waals surface area (Å²) in [6.45, 7) is 3.72. The molecular formula is C21H19F3N6OS. The van der Waals surface area contributed by atoms with E-state index in [-0.39, 0.29) is 5.95 Å². The second-order valence-corrected chi connectivity index (χ2v) is 8.22. The number of alkyl halides is 3. The van der Waals surface area contributed by atoms with Crippen LogP contribution in [0.2, 0.25) is 0 Å². The summed E-state index contributed by atoms with van der Waals surface area (Å²) in [5, 5.41) is 14.5. The van der Waals surface area contributed by atoms with Gasteiger partial charge in [-0.2, -0.15) is 13.2 Å². The lowest BCUT2D eigenvalue weighted by Gasteiger charge is -2.22. The molecule has 7 nitrogen and oxygen atoms in total. The van der Waals surface area contributed by atoms with Gasteiger partial charge in [-0.15, -0.1) is 11.3 Å². The average Bonchev–Trinajstić information content (AvgIpc) is 3.45. The molecule has 1 unspecified atom stereocenters. The summed E-state index contributed by atoms with van der Waals surface area (Å²) in [5.74, 6) is -0.152. The van der Waals surface area contributed by atoms with Crippen molar-refractivity contribution in [3.05, 3.63) is 71.1 Å². The quantitative estimate of drug-likeness (QED) is 0.373. The highest BCUT2D eigenvalue weighted by atomic mass is 32.1. The fraction of sp³-hybridized carbons (Fsp3) is 0.238. The molecule has 0 fully saturated rings. The molecule has 1 atom stereocenters. The summed E-state index contributed by atoms with van der Waals surface area (Å²) in [6.07, 6.45) is 1.63. The third-order valence-corrected chi connectivity index (χ3v) is 6.08. The summed E-state index contributed by atoms with van der Waals surface area (Å²) < 4.78 is 38.8. The van der Waals surface area contributed by atoms with E-state index in [0.717, 1.165) is 28.3 Å². The van der Waals surface area contributed by atoms with E-state index in [1.807, 2.05) is 19.9 Å². The second kappa shape index (κ2) is 8.32. The third-order valence-electron chi connectivity index (χ3n) is 4.88. The number of hydrogen-bond acceptors (Lipinski definition) is 7. The van der Waals surface area contributed by atoms with Crippen molar-refractivity contribution >= 4 is 23.0 Å². The molecule has 0 saturated carbocycles. The number of anilines is 2. The van der Waals surface area contributed by atoms with E-state index < -0.39 is 17.5 Å². The highest BCUT2D eigenvalue weighted by Crippen LogP contribution is 2.38. The lowest BCUT2D eigenvalue weighted by Crippen LogP contribution is -2.26. The number of thiazole rings is 1. The van der Waals surface area contributed by atoms with Gasteiger partial charge in [0.05, 0.1) is 23.1 Å². The second-order valence-electron chi connectivity index (χ2n) is 7.18. The van der Waals surface area contributed by atoms with Crippen LogP contribution in [0, 0.1) is 6.92 Å². The van der Waals surface area contributed by atoms with Gasteiger partial charge in [0, 0.05) is 18.1 Å². The first kappa shape index (κ1) is 21.9. The Morgan fingerprint density at radius 1 is 1.16 bits per heavy atom. The molecular weight excluding hydrogens is 441 g/mol. The van der Waals surface area contributed by atoms with Crippen LogP contribution in [0.15, 0.2) is 49.2 Å². The smallest absolute Gasteiger partial charge is 0.376 e. The maximum absolute atomic E-state index is 12.9. The normalized spacial score (nSPS) is 13.7. The Morgan fingerprint density at radius 2 is 1.97 bits per heavy atom. The minimum atomic E-state index is -4.55. The van der Waals surface area contributed by atoms with Crippen molar-refractivity contribution in [2.45, 2.75) is 32.0 Å². The van der Waals surface area contributed by atoms with Crippen molar-refractivity contribution in [2.75, 3.05) is 5.32 Å². The van der Waals surface area contributed by atoms with E-state index in [9.17, 15) is 18.3 Å². The Kier molecular flexibility index (Phi) is 5.70. The molecule has 0 aliphatic rings. The summed E-state index contributed by atoms with van der Waals surface area (Å²) >= 11 is 1.33. The molecule has 32 heavy (non-hydrogen) atoms. The minimum Gasteiger partial charge on any atom is -0.376 e. The van der Waals surface area contributed by atoms with Gasteiger partial charge < -0.3 is 15.4 Å².